The number of hydrogen-bond acceptors (Lipinski definition) is 3. The van der Waals surface area contributed by atoms with Crippen molar-refractivity contribution >= 4 is 11.9 Å². The highest BCUT2D eigenvalue weighted by Crippen LogP contribution is 2.11. The monoisotopic (exact) mass is 240 g/mol. The summed E-state index contributed by atoms with van der Waals surface area (Å²) in [5.74, 6) is 0.828. The first kappa shape index (κ1) is 12.2. The molecule has 0 fully saturated rings. The molecule has 0 atom stereocenters. The predicted molar refractivity (Wildman–Crippen MR) is 75.4 cm³/mol. The van der Waals surface area contributed by atoms with Crippen LogP contribution >= 0.6 is 0 Å². The summed E-state index contributed by atoms with van der Waals surface area (Å²) in [5, 5.41) is 4.19. The zero-order chi connectivity index (χ0) is 12.8. The van der Waals surface area contributed by atoms with E-state index in [0.717, 1.165) is 17.0 Å². The minimum atomic E-state index is 0.828. The van der Waals surface area contributed by atoms with Gasteiger partial charge in [-0.05, 0) is 36.8 Å². The van der Waals surface area contributed by atoms with Crippen molar-refractivity contribution in [1.82, 2.24) is 0 Å². The van der Waals surface area contributed by atoms with Crippen LogP contribution in [0.2, 0.25) is 0 Å². The van der Waals surface area contributed by atoms with E-state index in [0.29, 0.717) is 0 Å². The van der Waals surface area contributed by atoms with Gasteiger partial charge < -0.3 is 4.74 Å². The Morgan fingerprint density at radius 3 is 2.61 bits per heavy atom. The summed E-state index contributed by atoms with van der Waals surface area (Å²) in [6.07, 6.45) is 1.77. The average Bonchev–Trinajstić information content (AvgIpc) is 2.41. The maximum absolute atomic E-state index is 5.15. The van der Waals surface area contributed by atoms with E-state index < -0.39 is 0 Å². The summed E-state index contributed by atoms with van der Waals surface area (Å²) in [4.78, 5) is 0. The van der Waals surface area contributed by atoms with Gasteiger partial charge in [0.15, 0.2) is 0 Å². The molecule has 92 valence electrons. The molecule has 0 amide bonds. The maximum Gasteiger partial charge on any atom is 0.119 e. The van der Waals surface area contributed by atoms with Gasteiger partial charge in [-0.1, -0.05) is 29.8 Å². The Labute approximate surface area is 107 Å². The molecule has 0 aromatic heterocycles. The molecule has 0 saturated carbocycles. The highest BCUT2D eigenvalue weighted by atomic mass is 16.5. The molecule has 0 unspecified atom stereocenters. The Hall–Kier alpha value is -2.29. The van der Waals surface area contributed by atoms with Crippen molar-refractivity contribution in [2.24, 2.45) is 5.10 Å². The molecule has 0 saturated heterocycles. The number of benzene rings is 2. The third kappa shape index (κ3) is 3.35. The first-order valence-electron chi connectivity index (χ1n) is 5.78. The fourth-order valence-corrected chi connectivity index (χ4v) is 1.53. The first-order chi connectivity index (χ1) is 8.78. The summed E-state index contributed by atoms with van der Waals surface area (Å²) in [6, 6.07) is 15.8. The third-order valence-corrected chi connectivity index (χ3v) is 2.55. The molecule has 0 radical (unpaired) electrons. The lowest BCUT2D eigenvalue weighted by Gasteiger charge is -2.01. The zero-order valence-corrected chi connectivity index (χ0v) is 10.6. The van der Waals surface area contributed by atoms with Gasteiger partial charge in [0.05, 0.1) is 19.0 Å². The Morgan fingerprint density at radius 1 is 1.11 bits per heavy atom. The van der Waals surface area contributed by atoms with Crippen molar-refractivity contribution in [3.05, 3.63) is 59.7 Å². The Kier molecular flexibility index (Phi) is 3.97. The van der Waals surface area contributed by atoms with E-state index in [1.165, 1.54) is 5.56 Å². The zero-order valence-electron chi connectivity index (χ0n) is 10.6. The lowest BCUT2D eigenvalue weighted by atomic mass is 10.2. The molecule has 18 heavy (non-hydrogen) atoms. The molecule has 0 spiro atoms. The molecular formula is C15H16N2O. The van der Waals surface area contributed by atoms with Gasteiger partial charge in [-0.15, -0.1) is 0 Å². The number of hydrazone groups is 1. The van der Waals surface area contributed by atoms with E-state index in [4.69, 9.17) is 4.74 Å². The number of methoxy groups -OCH3 is 1. The second-order valence-electron chi connectivity index (χ2n) is 4.01. The van der Waals surface area contributed by atoms with Gasteiger partial charge in [0, 0.05) is 0 Å². The van der Waals surface area contributed by atoms with Crippen LogP contribution in [0.3, 0.4) is 0 Å². The fourth-order valence-electron chi connectivity index (χ4n) is 1.53. The van der Waals surface area contributed by atoms with Crippen LogP contribution in [0.5, 0.6) is 5.75 Å². The molecule has 0 heterocycles. The van der Waals surface area contributed by atoms with E-state index in [9.17, 15) is 0 Å². The maximum atomic E-state index is 5.15. The summed E-state index contributed by atoms with van der Waals surface area (Å²) < 4.78 is 5.15. The van der Waals surface area contributed by atoms with Crippen LogP contribution in [0.4, 0.5) is 5.69 Å². The molecule has 2 aromatic rings. The SMILES string of the molecule is COc1cccc(C=NNc2ccc(C)cc2)c1. The van der Waals surface area contributed by atoms with Crippen LogP contribution in [0.1, 0.15) is 11.1 Å². The van der Waals surface area contributed by atoms with Crippen molar-refractivity contribution in [3.8, 4) is 5.75 Å². The second-order valence-corrected chi connectivity index (χ2v) is 4.01. The topological polar surface area (TPSA) is 33.6 Å². The summed E-state index contributed by atoms with van der Waals surface area (Å²) in [5.41, 5.74) is 6.19. The third-order valence-electron chi connectivity index (χ3n) is 2.55. The molecule has 2 aromatic carbocycles. The van der Waals surface area contributed by atoms with Gasteiger partial charge in [0.1, 0.15) is 5.75 Å². The summed E-state index contributed by atoms with van der Waals surface area (Å²) >= 11 is 0. The standard InChI is InChI=1S/C15H16N2O/c1-12-6-8-14(9-7-12)17-16-11-13-4-3-5-15(10-13)18-2/h3-11,17H,1-2H3. The van der Waals surface area contributed by atoms with Gasteiger partial charge in [0.25, 0.3) is 0 Å². The smallest absolute Gasteiger partial charge is 0.119 e. The molecule has 1 N–H and O–H groups in total. The Balaban J connectivity index is 2.00. The van der Waals surface area contributed by atoms with Crippen LogP contribution in [0.25, 0.3) is 0 Å². The molecule has 3 nitrogen and oxygen atoms in total. The normalized spacial score (nSPS) is 10.6. The van der Waals surface area contributed by atoms with Crippen molar-refractivity contribution in [2.45, 2.75) is 6.92 Å². The minimum absolute atomic E-state index is 0.828. The van der Waals surface area contributed by atoms with Crippen molar-refractivity contribution < 1.29 is 4.74 Å². The number of ether oxygens (including phenoxy) is 1. The number of nitrogens with one attached hydrogen (secondary N) is 1. The molecular weight excluding hydrogens is 224 g/mol. The van der Waals surface area contributed by atoms with Gasteiger partial charge in [-0.25, -0.2) is 0 Å². The van der Waals surface area contributed by atoms with Gasteiger partial charge >= 0.3 is 0 Å². The molecule has 0 aliphatic carbocycles. The van der Waals surface area contributed by atoms with Crippen LogP contribution in [-0.4, -0.2) is 13.3 Å². The van der Waals surface area contributed by atoms with Crippen LogP contribution in [0.15, 0.2) is 53.6 Å². The first-order valence-corrected chi connectivity index (χ1v) is 5.78. The van der Waals surface area contributed by atoms with Crippen molar-refractivity contribution in [3.63, 3.8) is 0 Å². The quantitative estimate of drug-likeness (QED) is 0.656. The molecule has 0 aliphatic rings. The van der Waals surface area contributed by atoms with E-state index in [-0.39, 0.29) is 0 Å². The number of aryl methyl sites for hydroxylation is 1. The van der Waals surface area contributed by atoms with Crippen molar-refractivity contribution in [1.29, 1.82) is 0 Å². The van der Waals surface area contributed by atoms with Gasteiger partial charge in [-0.2, -0.15) is 5.10 Å². The lowest BCUT2D eigenvalue weighted by molar-refractivity contribution is 0.415. The van der Waals surface area contributed by atoms with Crippen LogP contribution in [-0.2, 0) is 0 Å². The number of rotatable bonds is 4. The van der Waals surface area contributed by atoms with E-state index in [1.807, 2.05) is 48.5 Å². The highest BCUT2D eigenvalue weighted by molar-refractivity contribution is 5.80. The average molecular weight is 240 g/mol. The number of hydrogen-bond donors (Lipinski definition) is 1. The Morgan fingerprint density at radius 2 is 1.89 bits per heavy atom. The molecule has 2 rings (SSSR count). The molecule has 3 heteroatoms. The van der Waals surface area contributed by atoms with Gasteiger partial charge in [-0.3, -0.25) is 5.43 Å². The second kappa shape index (κ2) is 5.87. The number of anilines is 1. The summed E-state index contributed by atoms with van der Waals surface area (Å²) in [7, 11) is 1.65. The van der Waals surface area contributed by atoms with E-state index in [1.54, 1.807) is 13.3 Å². The highest BCUT2D eigenvalue weighted by Gasteiger charge is 1.92. The van der Waals surface area contributed by atoms with Crippen LogP contribution in [0, 0.1) is 6.92 Å². The largest absolute Gasteiger partial charge is 0.497 e. The predicted octanol–water partition coefficient (Wildman–Crippen LogP) is 3.45. The molecule has 0 bridgehead atoms. The lowest BCUT2D eigenvalue weighted by Crippen LogP contribution is -1.91. The Bertz CT molecular complexity index is 532. The summed E-state index contributed by atoms with van der Waals surface area (Å²) in [6.45, 7) is 2.06. The van der Waals surface area contributed by atoms with E-state index >= 15 is 0 Å². The fraction of sp³-hybridized carbons (Fsp3) is 0.133. The molecule has 0 aliphatic heterocycles. The van der Waals surface area contributed by atoms with Crippen LogP contribution < -0.4 is 10.2 Å². The van der Waals surface area contributed by atoms with E-state index in [2.05, 4.69) is 17.5 Å². The minimum Gasteiger partial charge on any atom is -0.497 e. The number of nitrogens with zero attached hydrogens (tertiary/aromatic N) is 1. The van der Waals surface area contributed by atoms with Gasteiger partial charge in [0.2, 0.25) is 0 Å². The van der Waals surface area contributed by atoms with Crippen molar-refractivity contribution in [2.75, 3.05) is 12.5 Å².